The van der Waals surface area contributed by atoms with Gasteiger partial charge in [0.05, 0.1) is 18.2 Å². The molecular weight excluding hydrogens is 204 g/mol. The Kier molecular flexibility index (Phi) is 4.19. The first-order chi connectivity index (χ1) is 7.83. The maximum absolute atomic E-state index is 9.85. The van der Waals surface area contributed by atoms with Crippen molar-refractivity contribution < 1.29 is 9.84 Å². The Morgan fingerprint density at radius 3 is 2.75 bits per heavy atom. The summed E-state index contributed by atoms with van der Waals surface area (Å²) >= 11 is 0. The number of rotatable bonds is 3. The third-order valence-electron chi connectivity index (χ3n) is 4.23. The summed E-state index contributed by atoms with van der Waals surface area (Å²) in [6.45, 7) is 4.34. The van der Waals surface area contributed by atoms with Crippen LogP contribution in [0.5, 0.6) is 0 Å². The Labute approximate surface area is 98.0 Å². The number of ether oxygens (including phenoxy) is 1. The van der Waals surface area contributed by atoms with Gasteiger partial charge in [0.15, 0.2) is 0 Å². The summed E-state index contributed by atoms with van der Waals surface area (Å²) in [4.78, 5) is 2.44. The average molecular weight is 228 g/mol. The summed E-state index contributed by atoms with van der Waals surface area (Å²) in [6.07, 6.45) is 4.80. The van der Waals surface area contributed by atoms with Crippen molar-refractivity contribution in [2.45, 2.75) is 37.3 Å². The maximum atomic E-state index is 9.85. The lowest BCUT2D eigenvalue weighted by Gasteiger charge is -2.51. The van der Waals surface area contributed by atoms with Crippen LogP contribution in [0.3, 0.4) is 0 Å². The molecule has 0 aromatic carbocycles. The molecule has 1 saturated heterocycles. The van der Waals surface area contributed by atoms with Gasteiger partial charge in [-0.25, -0.2) is 0 Å². The van der Waals surface area contributed by atoms with E-state index in [1.54, 1.807) is 7.11 Å². The van der Waals surface area contributed by atoms with E-state index in [9.17, 15) is 5.11 Å². The number of nitrogens with zero attached hydrogens (tertiary/aromatic N) is 1. The summed E-state index contributed by atoms with van der Waals surface area (Å²) in [5.74, 6) is 0. The molecule has 0 amide bonds. The van der Waals surface area contributed by atoms with Crippen molar-refractivity contribution in [3.8, 4) is 0 Å². The molecule has 2 aliphatic rings. The normalized spacial score (nSPS) is 37.5. The molecule has 2 N–H and O–H groups in total. The van der Waals surface area contributed by atoms with E-state index in [0.29, 0.717) is 0 Å². The van der Waals surface area contributed by atoms with Gasteiger partial charge in [0.25, 0.3) is 0 Å². The minimum atomic E-state index is -0.116. The lowest BCUT2D eigenvalue weighted by Crippen LogP contribution is -2.65. The summed E-state index contributed by atoms with van der Waals surface area (Å²) < 4.78 is 5.63. The zero-order valence-electron chi connectivity index (χ0n) is 10.2. The zero-order valence-corrected chi connectivity index (χ0v) is 10.2. The van der Waals surface area contributed by atoms with Gasteiger partial charge >= 0.3 is 0 Å². The highest BCUT2D eigenvalue weighted by atomic mass is 16.5. The summed E-state index contributed by atoms with van der Waals surface area (Å²) in [5.41, 5.74) is -0.116. The van der Waals surface area contributed by atoms with Crippen molar-refractivity contribution in [2.24, 2.45) is 0 Å². The molecule has 94 valence electrons. The Morgan fingerprint density at radius 1 is 1.38 bits per heavy atom. The topological polar surface area (TPSA) is 44.7 Å². The van der Waals surface area contributed by atoms with E-state index in [4.69, 9.17) is 4.74 Å². The summed E-state index contributed by atoms with van der Waals surface area (Å²) in [5, 5.41) is 13.2. The lowest BCUT2D eigenvalue weighted by atomic mass is 9.78. The van der Waals surface area contributed by atoms with Gasteiger partial charge in [-0.15, -0.1) is 0 Å². The molecule has 0 aromatic rings. The molecule has 2 rings (SSSR count). The van der Waals surface area contributed by atoms with Crippen LogP contribution in [0.2, 0.25) is 0 Å². The van der Waals surface area contributed by atoms with E-state index in [-0.39, 0.29) is 18.2 Å². The molecule has 1 aliphatic heterocycles. The molecular formula is C12H24N2O2. The molecule has 0 bridgehead atoms. The first-order valence-electron chi connectivity index (χ1n) is 6.43. The van der Waals surface area contributed by atoms with Gasteiger partial charge in [-0.3, -0.25) is 4.90 Å². The molecule has 1 heterocycles. The molecule has 0 spiro atoms. The van der Waals surface area contributed by atoms with Crippen LogP contribution in [0.4, 0.5) is 0 Å². The Balaban J connectivity index is 2.13. The van der Waals surface area contributed by atoms with E-state index in [0.717, 1.165) is 39.0 Å². The molecule has 4 nitrogen and oxygen atoms in total. The molecule has 4 heteroatoms. The second kappa shape index (κ2) is 5.45. The van der Waals surface area contributed by atoms with Gasteiger partial charge in [0.2, 0.25) is 0 Å². The van der Waals surface area contributed by atoms with Crippen LogP contribution in [0.25, 0.3) is 0 Å². The Hall–Kier alpha value is -0.160. The van der Waals surface area contributed by atoms with Crippen LogP contribution in [-0.4, -0.2) is 61.5 Å². The van der Waals surface area contributed by atoms with Gasteiger partial charge in [-0.05, 0) is 12.8 Å². The highest BCUT2D eigenvalue weighted by Gasteiger charge is 2.45. The lowest BCUT2D eigenvalue weighted by molar-refractivity contribution is -0.107. The van der Waals surface area contributed by atoms with Gasteiger partial charge in [-0.2, -0.15) is 0 Å². The molecule has 16 heavy (non-hydrogen) atoms. The van der Waals surface area contributed by atoms with Crippen molar-refractivity contribution in [2.75, 3.05) is 39.9 Å². The monoisotopic (exact) mass is 228 g/mol. The van der Waals surface area contributed by atoms with Crippen molar-refractivity contribution in [3.05, 3.63) is 0 Å². The van der Waals surface area contributed by atoms with E-state index in [2.05, 4.69) is 10.2 Å². The van der Waals surface area contributed by atoms with Crippen molar-refractivity contribution in [1.82, 2.24) is 10.2 Å². The average Bonchev–Trinajstić information content (AvgIpc) is 2.39. The predicted molar refractivity (Wildman–Crippen MR) is 63.5 cm³/mol. The molecule has 1 saturated carbocycles. The number of hydrogen-bond acceptors (Lipinski definition) is 4. The number of piperazine rings is 1. The quantitative estimate of drug-likeness (QED) is 0.725. The van der Waals surface area contributed by atoms with Crippen molar-refractivity contribution >= 4 is 0 Å². The van der Waals surface area contributed by atoms with Crippen LogP contribution in [0.1, 0.15) is 25.7 Å². The van der Waals surface area contributed by atoms with Crippen LogP contribution in [0, 0.1) is 0 Å². The fourth-order valence-corrected chi connectivity index (χ4v) is 3.28. The van der Waals surface area contributed by atoms with Crippen LogP contribution in [0.15, 0.2) is 0 Å². The van der Waals surface area contributed by atoms with Crippen molar-refractivity contribution in [1.29, 1.82) is 0 Å². The minimum Gasteiger partial charge on any atom is -0.394 e. The summed E-state index contributed by atoms with van der Waals surface area (Å²) in [7, 11) is 1.78. The maximum Gasteiger partial charge on any atom is 0.0777 e. The second-order valence-corrected chi connectivity index (χ2v) is 4.97. The van der Waals surface area contributed by atoms with Gasteiger partial charge < -0.3 is 15.2 Å². The van der Waals surface area contributed by atoms with E-state index in [1.165, 1.54) is 12.8 Å². The largest absolute Gasteiger partial charge is 0.394 e. The van der Waals surface area contributed by atoms with Gasteiger partial charge in [0.1, 0.15) is 0 Å². The molecule has 2 fully saturated rings. The number of aliphatic hydroxyl groups is 1. The van der Waals surface area contributed by atoms with Gasteiger partial charge in [0, 0.05) is 33.3 Å². The molecule has 2 atom stereocenters. The smallest absolute Gasteiger partial charge is 0.0777 e. The fourth-order valence-electron chi connectivity index (χ4n) is 3.28. The third kappa shape index (κ3) is 2.12. The number of methoxy groups -OCH3 is 1. The fraction of sp³-hybridized carbons (Fsp3) is 1.00. The number of nitrogens with one attached hydrogen (secondary N) is 1. The van der Waals surface area contributed by atoms with E-state index >= 15 is 0 Å². The third-order valence-corrected chi connectivity index (χ3v) is 4.23. The molecule has 1 aliphatic carbocycles. The van der Waals surface area contributed by atoms with Crippen LogP contribution in [-0.2, 0) is 4.74 Å². The first kappa shape index (κ1) is 12.3. The van der Waals surface area contributed by atoms with Gasteiger partial charge in [-0.1, -0.05) is 12.8 Å². The SMILES string of the molecule is COC1CCCCC1(CO)N1CCNCC1. The Morgan fingerprint density at radius 2 is 2.12 bits per heavy atom. The zero-order chi connectivity index (χ0) is 11.4. The second-order valence-electron chi connectivity index (χ2n) is 4.97. The van der Waals surface area contributed by atoms with E-state index < -0.39 is 0 Å². The van der Waals surface area contributed by atoms with Crippen LogP contribution >= 0.6 is 0 Å². The highest BCUT2D eigenvalue weighted by Crippen LogP contribution is 2.35. The predicted octanol–water partition coefficient (Wildman–Crippen LogP) is 0.212. The first-order valence-corrected chi connectivity index (χ1v) is 6.43. The number of aliphatic hydroxyl groups excluding tert-OH is 1. The van der Waals surface area contributed by atoms with Crippen molar-refractivity contribution in [3.63, 3.8) is 0 Å². The highest BCUT2D eigenvalue weighted by molar-refractivity contribution is 5.01. The molecule has 0 aromatic heterocycles. The standard InChI is InChI=1S/C12H24N2O2/c1-16-11-4-2-3-5-12(11,10-15)14-8-6-13-7-9-14/h11,13,15H,2-10H2,1H3. The Bertz CT molecular complexity index is 219. The minimum absolute atomic E-state index is 0.116. The van der Waals surface area contributed by atoms with Crippen LogP contribution < -0.4 is 5.32 Å². The summed E-state index contributed by atoms with van der Waals surface area (Å²) in [6, 6.07) is 0. The molecule has 0 radical (unpaired) electrons. The number of hydrogen-bond donors (Lipinski definition) is 2. The van der Waals surface area contributed by atoms with E-state index in [1.807, 2.05) is 0 Å². The molecule has 2 unspecified atom stereocenters.